The molecule has 0 unspecified atom stereocenters. The number of nitrogens with one attached hydrogen (secondary N) is 2. The zero-order valence-corrected chi connectivity index (χ0v) is 18.2. The fourth-order valence-corrected chi connectivity index (χ4v) is 3.59. The molecule has 5 N–H and O–H groups in total. The molecule has 176 valence electrons. The predicted octanol–water partition coefficient (Wildman–Crippen LogP) is 4.46. The zero-order valence-electron chi connectivity index (χ0n) is 18.2. The first-order valence-corrected chi connectivity index (χ1v) is 10.2. The van der Waals surface area contributed by atoms with E-state index in [4.69, 9.17) is 5.73 Å². The number of anilines is 3. The van der Waals surface area contributed by atoms with Gasteiger partial charge in [0.05, 0.1) is 0 Å². The van der Waals surface area contributed by atoms with Gasteiger partial charge in [-0.15, -0.1) is 0 Å². The van der Waals surface area contributed by atoms with Gasteiger partial charge in [-0.1, -0.05) is 24.3 Å². The van der Waals surface area contributed by atoms with Crippen LogP contribution in [-0.4, -0.2) is 25.5 Å². The molecular formula is C23H21F3N6O2. The van der Waals surface area contributed by atoms with E-state index in [0.29, 0.717) is 28.4 Å². The molecule has 0 saturated heterocycles. The van der Waals surface area contributed by atoms with Gasteiger partial charge in [-0.2, -0.15) is 18.2 Å². The summed E-state index contributed by atoms with van der Waals surface area (Å²) in [5, 5.41) is 17.2. The van der Waals surface area contributed by atoms with Gasteiger partial charge in [-0.25, -0.2) is 4.98 Å². The average molecular weight is 470 g/mol. The first-order valence-electron chi connectivity index (χ1n) is 10.2. The predicted molar refractivity (Wildman–Crippen MR) is 122 cm³/mol. The van der Waals surface area contributed by atoms with Crippen LogP contribution in [-0.2, 0) is 19.8 Å². The summed E-state index contributed by atoms with van der Waals surface area (Å²) in [6, 6.07) is 9.94. The minimum absolute atomic E-state index is 0.0123. The molecule has 0 fully saturated rings. The number of nitrogens with zero attached hydrogens (tertiary/aromatic N) is 3. The SMILES string of the molecule is Cc1ccc(C(N)=O)cc1Nc1ncc(C(F)(F)F)c(NCc2cccc3cn(C)c(O)c23)n1. The van der Waals surface area contributed by atoms with Crippen molar-refractivity contribution in [2.75, 3.05) is 10.6 Å². The molecule has 0 radical (unpaired) electrons. The summed E-state index contributed by atoms with van der Waals surface area (Å²) in [4.78, 5) is 19.3. The minimum atomic E-state index is -4.69. The Kier molecular flexibility index (Phi) is 5.78. The molecular weight excluding hydrogens is 449 g/mol. The number of halogens is 3. The molecule has 2 heterocycles. The molecule has 0 bridgehead atoms. The second-order valence-corrected chi connectivity index (χ2v) is 7.77. The molecule has 0 spiro atoms. The lowest BCUT2D eigenvalue weighted by Gasteiger charge is -2.16. The van der Waals surface area contributed by atoms with Gasteiger partial charge in [-0.3, -0.25) is 4.79 Å². The molecule has 2 aromatic carbocycles. The van der Waals surface area contributed by atoms with E-state index in [9.17, 15) is 23.1 Å². The molecule has 34 heavy (non-hydrogen) atoms. The monoisotopic (exact) mass is 470 g/mol. The number of carbonyl (C=O) groups is 1. The topological polar surface area (TPSA) is 118 Å². The van der Waals surface area contributed by atoms with Crippen LogP contribution in [0.2, 0.25) is 0 Å². The Morgan fingerprint density at radius 1 is 1.24 bits per heavy atom. The highest BCUT2D eigenvalue weighted by Crippen LogP contribution is 2.35. The Morgan fingerprint density at radius 2 is 2.00 bits per heavy atom. The largest absolute Gasteiger partial charge is 0.494 e. The molecule has 0 aliphatic rings. The fraction of sp³-hybridized carbons (Fsp3) is 0.174. The summed E-state index contributed by atoms with van der Waals surface area (Å²) < 4.78 is 42.4. The second kappa shape index (κ2) is 8.58. The van der Waals surface area contributed by atoms with Gasteiger partial charge in [0, 0.05) is 48.0 Å². The number of benzene rings is 2. The standard InChI is InChI=1S/C23H21F3N6O2/c1-12-6-7-13(19(27)33)8-17(12)30-22-29-10-16(23(24,25)26)20(31-22)28-9-14-4-3-5-15-11-32(2)21(34)18(14)15/h3-8,10-11,34H,9H2,1-2H3,(H2,27,33)(H2,28,29,30,31). The third kappa shape index (κ3) is 4.45. The molecule has 0 aliphatic carbocycles. The molecule has 8 nitrogen and oxygen atoms in total. The lowest BCUT2D eigenvalue weighted by molar-refractivity contribution is -0.137. The van der Waals surface area contributed by atoms with E-state index in [0.717, 1.165) is 5.39 Å². The van der Waals surface area contributed by atoms with Crippen molar-refractivity contribution >= 4 is 34.1 Å². The van der Waals surface area contributed by atoms with E-state index >= 15 is 0 Å². The number of aryl methyl sites for hydroxylation is 2. The first kappa shape index (κ1) is 22.9. The van der Waals surface area contributed by atoms with E-state index in [-0.39, 0.29) is 23.9 Å². The Balaban J connectivity index is 1.68. The smallest absolute Gasteiger partial charge is 0.421 e. The molecule has 11 heteroatoms. The number of hydrogen-bond donors (Lipinski definition) is 4. The third-order valence-electron chi connectivity index (χ3n) is 5.38. The minimum Gasteiger partial charge on any atom is -0.494 e. The maximum absolute atomic E-state index is 13.6. The van der Waals surface area contributed by atoms with Crippen LogP contribution in [0.1, 0.15) is 27.0 Å². The number of aromatic hydroxyl groups is 1. The van der Waals surface area contributed by atoms with E-state index in [1.54, 1.807) is 50.5 Å². The maximum atomic E-state index is 13.6. The van der Waals surface area contributed by atoms with E-state index in [1.165, 1.54) is 10.6 Å². The van der Waals surface area contributed by atoms with Crippen molar-refractivity contribution in [3.63, 3.8) is 0 Å². The number of alkyl halides is 3. The summed E-state index contributed by atoms with van der Waals surface area (Å²) in [6.45, 7) is 1.73. The maximum Gasteiger partial charge on any atom is 0.421 e. The number of primary amides is 1. The van der Waals surface area contributed by atoms with Crippen LogP contribution in [0.3, 0.4) is 0 Å². The number of amides is 1. The molecule has 4 rings (SSSR count). The molecule has 2 aromatic heterocycles. The summed E-state index contributed by atoms with van der Waals surface area (Å²) >= 11 is 0. The number of rotatable bonds is 6. The van der Waals surface area contributed by atoms with Crippen molar-refractivity contribution in [1.29, 1.82) is 0 Å². The lowest BCUT2D eigenvalue weighted by atomic mass is 10.1. The van der Waals surface area contributed by atoms with Crippen molar-refractivity contribution in [2.24, 2.45) is 12.8 Å². The zero-order chi connectivity index (χ0) is 24.6. The van der Waals surface area contributed by atoms with Crippen molar-refractivity contribution in [2.45, 2.75) is 19.6 Å². The highest BCUT2D eigenvalue weighted by molar-refractivity contribution is 5.94. The number of nitrogens with two attached hydrogens (primary N) is 1. The Labute approximate surface area is 192 Å². The van der Waals surface area contributed by atoms with E-state index in [2.05, 4.69) is 20.6 Å². The molecule has 0 saturated carbocycles. The molecule has 4 aromatic rings. The number of aromatic nitrogens is 3. The summed E-state index contributed by atoms with van der Waals surface area (Å²) in [6.07, 6.45) is -2.28. The molecule has 0 atom stereocenters. The molecule has 0 aliphatic heterocycles. The highest BCUT2D eigenvalue weighted by Gasteiger charge is 2.35. The second-order valence-electron chi connectivity index (χ2n) is 7.77. The van der Waals surface area contributed by atoms with Gasteiger partial charge < -0.3 is 26.0 Å². The van der Waals surface area contributed by atoms with E-state index < -0.39 is 23.5 Å². The van der Waals surface area contributed by atoms with E-state index in [1.807, 2.05) is 0 Å². The van der Waals surface area contributed by atoms with Gasteiger partial charge in [-0.05, 0) is 30.2 Å². The average Bonchev–Trinajstić information content (AvgIpc) is 3.07. The normalized spacial score (nSPS) is 11.6. The number of fused-ring (bicyclic) bond motifs is 1. The van der Waals surface area contributed by atoms with Crippen molar-refractivity contribution in [3.05, 3.63) is 71.0 Å². The van der Waals surface area contributed by atoms with Gasteiger partial charge >= 0.3 is 6.18 Å². The van der Waals surface area contributed by atoms with Crippen LogP contribution in [0.15, 0.2) is 48.8 Å². The summed E-state index contributed by atoms with van der Waals surface area (Å²) in [5.41, 5.74) is 6.25. The van der Waals surface area contributed by atoms with Crippen LogP contribution in [0.25, 0.3) is 10.8 Å². The fourth-order valence-electron chi connectivity index (χ4n) is 3.59. The van der Waals surface area contributed by atoms with Gasteiger partial charge in [0.25, 0.3) is 0 Å². The third-order valence-corrected chi connectivity index (χ3v) is 5.38. The molecule has 1 amide bonds. The van der Waals surface area contributed by atoms with Crippen LogP contribution in [0, 0.1) is 6.92 Å². The Bertz CT molecular complexity index is 1400. The van der Waals surface area contributed by atoms with Gasteiger partial charge in [0.15, 0.2) is 5.88 Å². The van der Waals surface area contributed by atoms with Gasteiger partial charge in [0.1, 0.15) is 11.4 Å². The van der Waals surface area contributed by atoms with Crippen LogP contribution in [0.5, 0.6) is 5.88 Å². The Morgan fingerprint density at radius 3 is 2.71 bits per heavy atom. The van der Waals surface area contributed by atoms with Crippen LogP contribution >= 0.6 is 0 Å². The van der Waals surface area contributed by atoms with Crippen molar-refractivity contribution < 1.29 is 23.1 Å². The quantitative estimate of drug-likeness (QED) is 0.331. The van der Waals surface area contributed by atoms with Crippen molar-refractivity contribution in [3.8, 4) is 5.88 Å². The van der Waals surface area contributed by atoms with Crippen LogP contribution in [0.4, 0.5) is 30.6 Å². The summed E-state index contributed by atoms with van der Waals surface area (Å²) in [7, 11) is 1.67. The van der Waals surface area contributed by atoms with Crippen molar-refractivity contribution in [1.82, 2.24) is 14.5 Å². The number of carbonyl (C=O) groups excluding carboxylic acids is 1. The Hall–Kier alpha value is -4.28. The number of hydrogen-bond acceptors (Lipinski definition) is 6. The van der Waals surface area contributed by atoms with Crippen LogP contribution < -0.4 is 16.4 Å². The summed E-state index contributed by atoms with van der Waals surface area (Å²) in [5.74, 6) is -1.16. The highest BCUT2D eigenvalue weighted by atomic mass is 19.4. The first-order chi connectivity index (χ1) is 16.0. The van der Waals surface area contributed by atoms with Gasteiger partial charge in [0.2, 0.25) is 11.9 Å². The lowest BCUT2D eigenvalue weighted by Crippen LogP contribution is -2.15.